The Morgan fingerprint density at radius 2 is 1.85 bits per heavy atom. The van der Waals surface area contributed by atoms with Gasteiger partial charge in [0, 0.05) is 4.90 Å². The molecule has 0 saturated carbocycles. The lowest BCUT2D eigenvalue weighted by Gasteiger charge is -2.28. The van der Waals surface area contributed by atoms with Gasteiger partial charge in [0.25, 0.3) is 0 Å². The molecule has 0 aromatic heterocycles. The van der Waals surface area contributed by atoms with E-state index in [9.17, 15) is 9.59 Å². The van der Waals surface area contributed by atoms with Crippen LogP contribution in [0.1, 0.15) is 32.4 Å². The summed E-state index contributed by atoms with van der Waals surface area (Å²) < 4.78 is 5.64. The highest BCUT2D eigenvalue weighted by Crippen LogP contribution is 2.34. The number of rotatable bonds is 6. The van der Waals surface area contributed by atoms with Crippen LogP contribution >= 0.6 is 11.8 Å². The zero-order valence-electron chi connectivity index (χ0n) is 15.8. The van der Waals surface area contributed by atoms with Crippen molar-refractivity contribution in [3.05, 3.63) is 54.1 Å². The molecule has 142 valence electrons. The van der Waals surface area contributed by atoms with Gasteiger partial charge in [-0.15, -0.1) is 11.8 Å². The number of nitrogens with one attached hydrogen (secondary N) is 1. The van der Waals surface area contributed by atoms with Crippen LogP contribution in [0, 0.1) is 0 Å². The molecule has 1 aliphatic rings. The summed E-state index contributed by atoms with van der Waals surface area (Å²) in [5.41, 5.74) is 1.79. The van der Waals surface area contributed by atoms with Gasteiger partial charge < -0.3 is 15.0 Å². The van der Waals surface area contributed by atoms with Crippen LogP contribution in [0.3, 0.4) is 0 Å². The Hall–Kier alpha value is -2.47. The van der Waals surface area contributed by atoms with Crippen molar-refractivity contribution in [1.29, 1.82) is 0 Å². The van der Waals surface area contributed by atoms with E-state index in [1.807, 2.05) is 69.3 Å². The van der Waals surface area contributed by atoms with Gasteiger partial charge in [-0.1, -0.05) is 24.3 Å². The number of hydrogen-bond acceptors (Lipinski definition) is 4. The number of ether oxygens (including phenoxy) is 1. The van der Waals surface area contributed by atoms with Crippen molar-refractivity contribution in [1.82, 2.24) is 5.32 Å². The number of benzene rings is 2. The maximum atomic E-state index is 12.5. The van der Waals surface area contributed by atoms with Crippen molar-refractivity contribution in [2.45, 2.75) is 37.8 Å². The molecule has 1 unspecified atom stereocenters. The van der Waals surface area contributed by atoms with Crippen LogP contribution < -0.4 is 15.0 Å². The number of hydrogen-bond donors (Lipinski definition) is 1. The van der Waals surface area contributed by atoms with E-state index in [0.29, 0.717) is 5.75 Å². The van der Waals surface area contributed by atoms with Crippen LogP contribution in [-0.4, -0.2) is 30.2 Å². The van der Waals surface area contributed by atoms with Crippen molar-refractivity contribution in [3.8, 4) is 5.75 Å². The number of thioether (sulfide) groups is 1. The zero-order chi connectivity index (χ0) is 19.4. The molecule has 3 rings (SSSR count). The maximum absolute atomic E-state index is 12.5. The second kappa shape index (κ2) is 8.48. The monoisotopic (exact) mass is 384 g/mol. The van der Waals surface area contributed by atoms with Gasteiger partial charge >= 0.3 is 0 Å². The first kappa shape index (κ1) is 19.3. The summed E-state index contributed by atoms with van der Waals surface area (Å²) in [6, 6.07) is 15.2. The molecule has 6 heteroatoms. The largest absolute Gasteiger partial charge is 0.491 e. The fraction of sp³-hybridized carbons (Fsp3) is 0.333. The molecule has 2 amide bonds. The lowest BCUT2D eigenvalue weighted by molar-refractivity contribution is -0.123. The van der Waals surface area contributed by atoms with Crippen LogP contribution in [0.15, 0.2) is 53.4 Å². The SMILES string of the molecule is CC(C)Oc1ccc(C(C)NC(=O)CN2C(=O)CSc3ccccc32)cc1. The van der Waals surface area contributed by atoms with E-state index in [1.165, 1.54) is 11.8 Å². The van der Waals surface area contributed by atoms with E-state index in [2.05, 4.69) is 5.32 Å². The second-order valence-corrected chi connectivity index (χ2v) is 7.78. The van der Waals surface area contributed by atoms with Crippen LogP contribution in [0.5, 0.6) is 5.75 Å². The van der Waals surface area contributed by atoms with Crippen LogP contribution in [0.2, 0.25) is 0 Å². The molecule has 0 radical (unpaired) electrons. The standard InChI is InChI=1S/C21H24N2O3S/c1-14(2)26-17-10-8-16(9-11-17)15(3)22-20(24)12-23-18-6-4-5-7-19(18)27-13-21(23)25/h4-11,14-15H,12-13H2,1-3H3,(H,22,24). The smallest absolute Gasteiger partial charge is 0.240 e. The number of anilines is 1. The van der Waals surface area contributed by atoms with Crippen LogP contribution in [0.25, 0.3) is 0 Å². The third-order valence-electron chi connectivity index (χ3n) is 4.24. The molecular weight excluding hydrogens is 360 g/mol. The number of nitrogens with zero attached hydrogens (tertiary/aromatic N) is 1. The molecule has 1 N–H and O–H groups in total. The summed E-state index contributed by atoms with van der Waals surface area (Å²) in [6.07, 6.45) is 0.121. The van der Waals surface area contributed by atoms with Crippen molar-refractivity contribution in [2.24, 2.45) is 0 Å². The number of carbonyl (C=O) groups is 2. The van der Waals surface area contributed by atoms with Gasteiger partial charge in [-0.05, 0) is 50.6 Å². The molecule has 1 heterocycles. The third-order valence-corrected chi connectivity index (χ3v) is 5.29. The van der Waals surface area contributed by atoms with Crippen molar-refractivity contribution in [2.75, 3.05) is 17.2 Å². The first-order chi connectivity index (χ1) is 12.9. The molecule has 0 aliphatic carbocycles. The molecule has 0 fully saturated rings. The Labute approximate surface area is 164 Å². The molecule has 2 aromatic rings. The molecule has 1 aliphatic heterocycles. The highest BCUT2D eigenvalue weighted by molar-refractivity contribution is 8.00. The first-order valence-electron chi connectivity index (χ1n) is 9.02. The highest BCUT2D eigenvalue weighted by Gasteiger charge is 2.26. The van der Waals surface area contributed by atoms with E-state index >= 15 is 0 Å². The number of fused-ring (bicyclic) bond motifs is 1. The topological polar surface area (TPSA) is 58.6 Å². The normalized spacial score (nSPS) is 14.7. The van der Waals surface area contributed by atoms with Gasteiger partial charge in [0.2, 0.25) is 11.8 Å². The molecule has 0 saturated heterocycles. The minimum Gasteiger partial charge on any atom is -0.491 e. The predicted octanol–water partition coefficient (Wildman–Crippen LogP) is 3.79. The second-order valence-electron chi connectivity index (χ2n) is 6.76. The van der Waals surface area contributed by atoms with Crippen molar-refractivity contribution >= 4 is 29.3 Å². The average molecular weight is 385 g/mol. The van der Waals surface area contributed by atoms with Crippen molar-refractivity contribution < 1.29 is 14.3 Å². The molecule has 2 aromatic carbocycles. The summed E-state index contributed by atoms with van der Waals surface area (Å²) in [4.78, 5) is 27.4. The Bertz CT molecular complexity index is 820. The molecule has 5 nitrogen and oxygen atoms in total. The lowest BCUT2D eigenvalue weighted by Crippen LogP contribution is -2.43. The average Bonchev–Trinajstić information content (AvgIpc) is 2.64. The summed E-state index contributed by atoms with van der Waals surface area (Å²) in [6.45, 7) is 5.91. The minimum absolute atomic E-state index is 0.0231. The number of carbonyl (C=O) groups excluding carboxylic acids is 2. The van der Waals surface area contributed by atoms with Crippen LogP contribution in [0.4, 0.5) is 5.69 Å². The minimum atomic E-state index is -0.180. The molecular formula is C21H24N2O3S. The summed E-state index contributed by atoms with van der Waals surface area (Å²) >= 11 is 1.51. The quantitative estimate of drug-likeness (QED) is 0.823. The molecule has 0 spiro atoms. The molecule has 0 bridgehead atoms. The zero-order valence-corrected chi connectivity index (χ0v) is 16.6. The lowest BCUT2D eigenvalue weighted by atomic mass is 10.1. The van der Waals surface area contributed by atoms with E-state index < -0.39 is 0 Å². The number of para-hydroxylation sites is 1. The van der Waals surface area contributed by atoms with E-state index in [4.69, 9.17) is 4.74 Å². The Kier molecular flexibility index (Phi) is 6.06. The van der Waals surface area contributed by atoms with E-state index in [1.54, 1.807) is 4.90 Å². The van der Waals surface area contributed by atoms with Gasteiger partial charge in [0.15, 0.2) is 0 Å². The summed E-state index contributed by atoms with van der Waals surface area (Å²) in [5.74, 6) is 0.939. The Morgan fingerprint density at radius 1 is 1.15 bits per heavy atom. The maximum Gasteiger partial charge on any atom is 0.240 e. The summed E-state index contributed by atoms with van der Waals surface area (Å²) in [7, 11) is 0. The fourth-order valence-corrected chi connectivity index (χ4v) is 3.88. The van der Waals surface area contributed by atoms with Gasteiger partial charge in [-0.3, -0.25) is 9.59 Å². The van der Waals surface area contributed by atoms with Gasteiger partial charge in [0.05, 0.1) is 23.6 Å². The highest BCUT2D eigenvalue weighted by atomic mass is 32.2. The van der Waals surface area contributed by atoms with Gasteiger partial charge in [-0.25, -0.2) is 0 Å². The molecule has 27 heavy (non-hydrogen) atoms. The Morgan fingerprint density at radius 3 is 2.56 bits per heavy atom. The number of amides is 2. The van der Waals surface area contributed by atoms with Gasteiger partial charge in [0.1, 0.15) is 12.3 Å². The van der Waals surface area contributed by atoms with E-state index in [-0.39, 0.29) is 30.5 Å². The predicted molar refractivity (Wildman–Crippen MR) is 108 cm³/mol. The van der Waals surface area contributed by atoms with Crippen LogP contribution in [-0.2, 0) is 9.59 Å². The Balaban J connectivity index is 1.63. The third kappa shape index (κ3) is 4.83. The fourth-order valence-electron chi connectivity index (χ4n) is 2.95. The van der Waals surface area contributed by atoms with Crippen molar-refractivity contribution in [3.63, 3.8) is 0 Å². The van der Waals surface area contributed by atoms with Gasteiger partial charge in [-0.2, -0.15) is 0 Å². The molecule has 1 atom stereocenters. The first-order valence-corrected chi connectivity index (χ1v) is 10.0. The van der Waals surface area contributed by atoms with E-state index in [0.717, 1.165) is 21.9 Å². The summed E-state index contributed by atoms with van der Waals surface area (Å²) in [5, 5.41) is 2.97.